The summed E-state index contributed by atoms with van der Waals surface area (Å²) in [6.07, 6.45) is -5.65. The van der Waals surface area contributed by atoms with Crippen LogP contribution >= 0.6 is 0 Å². The summed E-state index contributed by atoms with van der Waals surface area (Å²) >= 11 is 0. The number of carbonyl (C=O) groups is 5. The van der Waals surface area contributed by atoms with E-state index in [9.17, 15) is 44.4 Å². The second-order valence-electron chi connectivity index (χ2n) is 10.3. The van der Waals surface area contributed by atoms with Gasteiger partial charge in [0.15, 0.2) is 18.0 Å². The molecule has 1 saturated heterocycles. The average molecular weight is 595 g/mol. The van der Waals surface area contributed by atoms with Gasteiger partial charge in [0, 0.05) is 22.3 Å². The number of hydrogen-bond donors (Lipinski definition) is 4. The number of carbonyl (C=O) groups excluding carboxylic acids is 5. The molecule has 1 aliphatic rings. The molecule has 44 heavy (non-hydrogen) atoms. The van der Waals surface area contributed by atoms with Gasteiger partial charge in [0.1, 0.15) is 0 Å². The predicted molar refractivity (Wildman–Crippen MR) is 154 cm³/mol. The van der Waals surface area contributed by atoms with Crippen LogP contribution in [0, 0.1) is 0 Å². The van der Waals surface area contributed by atoms with Crippen LogP contribution in [0.25, 0.3) is 0 Å². The molecule has 0 aromatic heterocycles. The molecule has 1 unspecified atom stereocenters. The van der Waals surface area contributed by atoms with Crippen molar-refractivity contribution in [2.24, 2.45) is 0 Å². The first kappa shape index (κ1) is 30.3. The van der Waals surface area contributed by atoms with Crippen molar-refractivity contribution in [3.05, 3.63) is 144 Å². The van der Waals surface area contributed by atoms with Crippen molar-refractivity contribution in [3.63, 3.8) is 0 Å². The van der Waals surface area contributed by atoms with E-state index in [1.165, 1.54) is 115 Å². The first-order valence-corrected chi connectivity index (χ1v) is 13.4. The number of aliphatic hydroxyl groups excluding tert-OH is 1. The van der Waals surface area contributed by atoms with Gasteiger partial charge in [-0.2, -0.15) is 0 Å². The zero-order chi connectivity index (χ0) is 31.7. The van der Waals surface area contributed by atoms with Gasteiger partial charge < -0.3 is 25.2 Å². The van der Waals surface area contributed by atoms with E-state index in [1.54, 1.807) is 6.07 Å². The van der Waals surface area contributed by atoms with Crippen LogP contribution in [0.5, 0.6) is 0 Å². The Bertz CT molecular complexity index is 1730. The second-order valence-corrected chi connectivity index (χ2v) is 10.3. The van der Waals surface area contributed by atoms with Crippen LogP contribution in [0.4, 0.5) is 0 Å². The van der Waals surface area contributed by atoms with Gasteiger partial charge in [-0.15, -0.1) is 0 Å². The molecular weight excluding hydrogens is 568 g/mol. The fourth-order valence-electron chi connectivity index (χ4n) is 5.36. The lowest BCUT2D eigenvalue weighted by molar-refractivity contribution is -0.167. The minimum Gasteiger partial charge on any atom is -0.452 e. The third kappa shape index (κ3) is 4.57. The van der Waals surface area contributed by atoms with E-state index in [0.29, 0.717) is 0 Å². The van der Waals surface area contributed by atoms with Gasteiger partial charge in [0.25, 0.3) is 5.60 Å². The number of ether oxygens (including phenoxy) is 1. The molecular formula is C34H26O10. The standard InChI is InChI=1S/C34H26O10/c35-25(21-13-5-1-6-14-21)29(39)32(41,26(36)22-15-7-2-8-16-22)30-33(42,27(37)23-17-9-3-10-18-23)34(43,31(40)44-30)28(38)24-19-11-4-12-20-24/h1-20,29-30,39,41-43H/t29?,30-,32+,33+,34-/m1/s1. The minimum absolute atomic E-state index is 0.183. The van der Waals surface area contributed by atoms with Gasteiger partial charge >= 0.3 is 5.97 Å². The number of Topliss-reactive ketones (excluding diaryl/α,β-unsaturated/α-hetero) is 4. The van der Waals surface area contributed by atoms with Crippen molar-refractivity contribution in [1.29, 1.82) is 0 Å². The highest BCUT2D eigenvalue weighted by Gasteiger charge is 2.80. The van der Waals surface area contributed by atoms with Crippen LogP contribution in [-0.2, 0) is 9.53 Å². The van der Waals surface area contributed by atoms with Gasteiger partial charge in [-0.3, -0.25) is 19.2 Å². The topological polar surface area (TPSA) is 176 Å². The second kappa shape index (κ2) is 11.5. The average Bonchev–Trinajstić information content (AvgIpc) is 3.30. The maximum absolute atomic E-state index is 14.2. The zero-order valence-corrected chi connectivity index (χ0v) is 22.9. The van der Waals surface area contributed by atoms with Crippen molar-refractivity contribution >= 4 is 29.1 Å². The molecule has 4 aromatic rings. The van der Waals surface area contributed by atoms with E-state index >= 15 is 0 Å². The molecule has 1 aliphatic heterocycles. The molecule has 0 aliphatic carbocycles. The third-order valence-corrected chi connectivity index (χ3v) is 7.72. The van der Waals surface area contributed by atoms with Crippen molar-refractivity contribution < 1.29 is 49.1 Å². The molecule has 4 aromatic carbocycles. The minimum atomic E-state index is -3.75. The highest BCUT2D eigenvalue weighted by molar-refractivity contribution is 6.24. The summed E-state index contributed by atoms with van der Waals surface area (Å²) in [5.41, 5.74) is -12.3. The van der Waals surface area contributed by atoms with E-state index in [1.807, 2.05) is 0 Å². The van der Waals surface area contributed by atoms with Crippen LogP contribution in [0.3, 0.4) is 0 Å². The zero-order valence-electron chi connectivity index (χ0n) is 22.9. The van der Waals surface area contributed by atoms with Crippen molar-refractivity contribution in [3.8, 4) is 0 Å². The molecule has 0 amide bonds. The third-order valence-electron chi connectivity index (χ3n) is 7.72. The molecule has 1 heterocycles. The summed E-state index contributed by atoms with van der Waals surface area (Å²) in [7, 11) is 0. The van der Waals surface area contributed by atoms with Crippen molar-refractivity contribution in [2.45, 2.75) is 29.0 Å². The molecule has 1 fully saturated rings. The number of rotatable bonds is 10. The number of benzene rings is 4. The Kier molecular flexibility index (Phi) is 7.94. The molecule has 0 saturated carbocycles. The van der Waals surface area contributed by atoms with Crippen LogP contribution < -0.4 is 0 Å². The SMILES string of the molecule is O=C(c1ccccc1)C(O)[C@@](O)(C(=O)c1ccccc1)[C@H]1OC(=O)[C@](O)(C(=O)c2ccccc2)[C@]1(O)C(=O)c1ccccc1. The van der Waals surface area contributed by atoms with E-state index in [-0.39, 0.29) is 22.3 Å². The van der Waals surface area contributed by atoms with Crippen LogP contribution in [0.15, 0.2) is 121 Å². The lowest BCUT2D eigenvalue weighted by Gasteiger charge is -2.42. The molecule has 222 valence electrons. The highest BCUT2D eigenvalue weighted by Crippen LogP contribution is 2.47. The first-order valence-electron chi connectivity index (χ1n) is 13.4. The molecule has 0 radical (unpaired) electrons. The highest BCUT2D eigenvalue weighted by atomic mass is 16.6. The molecule has 10 heteroatoms. The Morgan fingerprint density at radius 3 is 1.48 bits per heavy atom. The van der Waals surface area contributed by atoms with Gasteiger partial charge in [0.05, 0.1) is 0 Å². The summed E-state index contributed by atoms with van der Waals surface area (Å²) in [6, 6.07) is 27.1. The molecule has 5 atom stereocenters. The Morgan fingerprint density at radius 1 is 0.636 bits per heavy atom. The lowest BCUT2D eigenvalue weighted by Crippen LogP contribution is -2.74. The number of aliphatic hydroxyl groups is 4. The molecule has 0 spiro atoms. The summed E-state index contributed by atoms with van der Waals surface area (Å²) in [6.45, 7) is 0. The van der Waals surface area contributed by atoms with Gasteiger partial charge in [-0.05, 0) is 0 Å². The fraction of sp³-hybridized carbons (Fsp3) is 0.147. The van der Waals surface area contributed by atoms with Crippen LogP contribution in [0.1, 0.15) is 41.4 Å². The normalized spacial score (nSPS) is 23.2. The van der Waals surface area contributed by atoms with Crippen molar-refractivity contribution in [1.82, 2.24) is 0 Å². The van der Waals surface area contributed by atoms with Gasteiger partial charge in [0.2, 0.25) is 28.6 Å². The van der Waals surface area contributed by atoms with Gasteiger partial charge in [-0.1, -0.05) is 121 Å². The van der Waals surface area contributed by atoms with Crippen LogP contribution in [0.2, 0.25) is 0 Å². The largest absolute Gasteiger partial charge is 0.452 e. The molecule has 10 nitrogen and oxygen atoms in total. The summed E-state index contributed by atoms with van der Waals surface area (Å²) < 4.78 is 5.23. The van der Waals surface area contributed by atoms with E-state index in [0.717, 1.165) is 0 Å². The summed E-state index contributed by atoms with van der Waals surface area (Å²) in [5.74, 6) is -7.56. The Morgan fingerprint density at radius 2 is 1.02 bits per heavy atom. The maximum Gasteiger partial charge on any atom is 0.350 e. The van der Waals surface area contributed by atoms with Crippen LogP contribution in [-0.4, -0.2) is 78.5 Å². The quantitative estimate of drug-likeness (QED) is 0.121. The maximum atomic E-state index is 14.2. The van der Waals surface area contributed by atoms with E-state index < -0.39 is 58.1 Å². The summed E-state index contributed by atoms with van der Waals surface area (Å²) in [4.78, 5) is 69.1. The Balaban J connectivity index is 1.78. The number of esters is 1. The Labute approximate surface area is 250 Å². The van der Waals surface area contributed by atoms with Gasteiger partial charge in [-0.25, -0.2) is 4.79 Å². The smallest absolute Gasteiger partial charge is 0.350 e. The Hall–Kier alpha value is -5.13. The lowest BCUT2D eigenvalue weighted by atomic mass is 9.65. The fourth-order valence-corrected chi connectivity index (χ4v) is 5.36. The predicted octanol–water partition coefficient (Wildman–Crippen LogP) is 2.00. The molecule has 5 rings (SSSR count). The molecule has 4 N–H and O–H groups in total. The van der Waals surface area contributed by atoms with E-state index in [4.69, 9.17) is 4.74 Å². The van der Waals surface area contributed by atoms with E-state index in [2.05, 4.69) is 0 Å². The number of ketones is 4. The number of cyclic esters (lactones) is 1. The molecule has 0 bridgehead atoms. The van der Waals surface area contributed by atoms with Crippen molar-refractivity contribution in [2.75, 3.05) is 0 Å². The monoisotopic (exact) mass is 594 g/mol. The summed E-state index contributed by atoms with van der Waals surface area (Å²) in [5, 5.41) is 47.9. The first-order chi connectivity index (χ1) is 21.0. The number of hydrogen-bond acceptors (Lipinski definition) is 10.